The van der Waals surface area contributed by atoms with Gasteiger partial charge in [-0.15, -0.1) is 0 Å². The maximum atomic E-state index is 14.0. The third-order valence-electron chi connectivity index (χ3n) is 7.35. The van der Waals surface area contributed by atoms with Gasteiger partial charge in [-0.25, -0.2) is 13.2 Å². The minimum atomic E-state index is -3.67. The van der Waals surface area contributed by atoms with E-state index in [2.05, 4.69) is 14.9 Å². The van der Waals surface area contributed by atoms with Crippen molar-refractivity contribution in [3.63, 3.8) is 0 Å². The maximum absolute atomic E-state index is 14.0. The molecule has 0 unspecified atom stereocenters. The minimum absolute atomic E-state index is 0.0405. The number of ether oxygens (including phenoxy) is 4. The molecule has 0 aliphatic carbocycles. The van der Waals surface area contributed by atoms with Crippen molar-refractivity contribution in [2.75, 3.05) is 70.0 Å². The number of fused-ring (bicyclic) bond motifs is 1. The molecule has 242 valence electrons. The zero-order valence-electron chi connectivity index (χ0n) is 26.6. The van der Waals surface area contributed by atoms with Gasteiger partial charge in [-0.05, 0) is 46.2 Å². The van der Waals surface area contributed by atoms with Crippen molar-refractivity contribution in [2.24, 2.45) is 0 Å². The molecule has 0 spiro atoms. The highest BCUT2D eigenvalue weighted by atomic mass is 32.2. The summed E-state index contributed by atoms with van der Waals surface area (Å²) in [4.78, 5) is 28.9. The first kappa shape index (κ1) is 33.8. The second-order valence-corrected chi connectivity index (χ2v) is 13.5. The summed E-state index contributed by atoms with van der Waals surface area (Å²) in [6, 6.07) is 14.4. The van der Waals surface area contributed by atoms with Crippen LogP contribution in [0.3, 0.4) is 0 Å². The molecule has 45 heavy (non-hydrogen) atoms. The number of anilines is 2. The number of carbonyl (C=O) groups excluding carboxylic acids is 2. The van der Waals surface area contributed by atoms with Crippen molar-refractivity contribution < 1.29 is 37.0 Å². The van der Waals surface area contributed by atoms with Crippen LogP contribution in [0.1, 0.15) is 31.9 Å². The van der Waals surface area contributed by atoms with Crippen LogP contribution in [0, 0.1) is 0 Å². The summed E-state index contributed by atoms with van der Waals surface area (Å²) in [6.07, 6.45) is 2.17. The molecule has 4 rings (SSSR count). The fourth-order valence-corrected chi connectivity index (χ4v) is 5.57. The molecule has 3 aromatic carbocycles. The van der Waals surface area contributed by atoms with Crippen LogP contribution in [0.4, 0.5) is 11.4 Å². The summed E-state index contributed by atoms with van der Waals surface area (Å²) in [5.41, 5.74) is 1.26. The van der Waals surface area contributed by atoms with Crippen molar-refractivity contribution in [1.29, 1.82) is 0 Å². The van der Waals surface area contributed by atoms with Crippen LogP contribution in [-0.4, -0.2) is 85.1 Å². The van der Waals surface area contributed by atoms with Gasteiger partial charge in [0, 0.05) is 31.1 Å². The molecule has 1 aliphatic heterocycles. The fourth-order valence-electron chi connectivity index (χ4n) is 5.02. The quantitative estimate of drug-likeness (QED) is 0.231. The largest absolute Gasteiger partial charge is 0.492 e. The lowest BCUT2D eigenvalue weighted by molar-refractivity contribution is -0.134. The number of nitrogens with one attached hydrogen (secondary N) is 2. The first-order valence-corrected chi connectivity index (χ1v) is 16.5. The molecule has 11 nitrogen and oxygen atoms in total. The number of nitrogens with zero attached hydrogens (tertiary/aromatic N) is 1. The van der Waals surface area contributed by atoms with Crippen LogP contribution >= 0.6 is 0 Å². The summed E-state index contributed by atoms with van der Waals surface area (Å²) in [5, 5.41) is 4.32. The van der Waals surface area contributed by atoms with E-state index in [0.717, 1.165) is 42.9 Å². The topological polar surface area (TPSA) is 132 Å². The standard InChI is InChI=1S/C33H41N3O8S/c1-33(2,3)22-19-27(31(42-5)28(20-22)35-45(6,39)40)34-32(38)26(21-30(37)41-4)24-11-12-29(25-10-8-7-9-23(24)25)44-18-15-36-13-16-43-17-14-36/h7-12,19-21,35H,13-18H2,1-6H3,(H,34,38). The average Bonchev–Trinajstić information content (AvgIpc) is 2.99. The van der Waals surface area contributed by atoms with Gasteiger partial charge in [0.1, 0.15) is 12.4 Å². The molecule has 2 N–H and O–H groups in total. The normalized spacial score (nSPS) is 14.6. The predicted octanol–water partition coefficient (Wildman–Crippen LogP) is 4.42. The highest BCUT2D eigenvalue weighted by Gasteiger charge is 2.25. The molecule has 0 aromatic heterocycles. The first-order chi connectivity index (χ1) is 21.3. The molecule has 0 saturated carbocycles. The SMILES string of the molecule is COC(=O)C=C(C(=O)Nc1cc(C(C)(C)C)cc(NS(C)(=O)=O)c1OC)c1ccc(OCCN2CCOCC2)c2ccccc12. The van der Waals surface area contributed by atoms with Crippen molar-refractivity contribution in [1.82, 2.24) is 4.90 Å². The lowest BCUT2D eigenvalue weighted by Gasteiger charge is -2.26. The Kier molecular flexibility index (Phi) is 10.7. The van der Waals surface area contributed by atoms with Gasteiger partial charge in [-0.3, -0.25) is 14.4 Å². The Morgan fingerprint density at radius 1 is 1.00 bits per heavy atom. The number of amides is 1. The second-order valence-electron chi connectivity index (χ2n) is 11.7. The van der Waals surface area contributed by atoms with Gasteiger partial charge in [0.05, 0.1) is 50.6 Å². The molecular formula is C33H41N3O8S. The van der Waals surface area contributed by atoms with E-state index in [0.29, 0.717) is 36.5 Å². The maximum Gasteiger partial charge on any atom is 0.331 e. The average molecular weight is 640 g/mol. The Labute approximate surface area is 264 Å². The van der Waals surface area contributed by atoms with Crippen molar-refractivity contribution in [2.45, 2.75) is 26.2 Å². The number of morpholine rings is 1. The smallest absolute Gasteiger partial charge is 0.331 e. The van der Waals surface area contributed by atoms with E-state index in [1.54, 1.807) is 24.3 Å². The molecular weight excluding hydrogens is 598 g/mol. The number of carbonyl (C=O) groups is 2. The number of esters is 1. The van der Waals surface area contributed by atoms with E-state index in [1.165, 1.54) is 14.2 Å². The molecule has 0 bridgehead atoms. The summed E-state index contributed by atoms with van der Waals surface area (Å²) < 4.78 is 48.9. The van der Waals surface area contributed by atoms with Crippen molar-refractivity contribution >= 4 is 49.6 Å². The van der Waals surface area contributed by atoms with Gasteiger partial charge >= 0.3 is 5.97 Å². The number of sulfonamides is 1. The van der Waals surface area contributed by atoms with Gasteiger partial charge in [0.2, 0.25) is 10.0 Å². The Balaban J connectivity index is 1.74. The Morgan fingerprint density at radius 2 is 1.67 bits per heavy atom. The van der Waals surface area contributed by atoms with Gasteiger partial charge < -0.3 is 24.3 Å². The zero-order valence-corrected chi connectivity index (χ0v) is 27.4. The third kappa shape index (κ3) is 8.74. The summed E-state index contributed by atoms with van der Waals surface area (Å²) in [6.45, 7) is 10.2. The van der Waals surface area contributed by atoms with Crippen LogP contribution < -0.4 is 19.5 Å². The van der Waals surface area contributed by atoms with E-state index in [-0.39, 0.29) is 22.7 Å². The molecule has 3 aromatic rings. The number of hydrogen-bond donors (Lipinski definition) is 2. The van der Waals surface area contributed by atoms with Crippen molar-refractivity contribution in [3.8, 4) is 11.5 Å². The van der Waals surface area contributed by atoms with Crippen LogP contribution in [-0.2, 0) is 34.5 Å². The summed E-state index contributed by atoms with van der Waals surface area (Å²) in [5.74, 6) is -0.573. The van der Waals surface area contributed by atoms with Crippen LogP contribution in [0.15, 0.2) is 54.6 Å². The van der Waals surface area contributed by atoms with Gasteiger partial charge in [0.25, 0.3) is 5.91 Å². The van der Waals surface area contributed by atoms with Crippen LogP contribution in [0.5, 0.6) is 11.5 Å². The minimum Gasteiger partial charge on any atom is -0.492 e. The molecule has 1 fully saturated rings. The number of methoxy groups -OCH3 is 2. The highest BCUT2D eigenvalue weighted by Crippen LogP contribution is 2.40. The Morgan fingerprint density at radius 3 is 2.29 bits per heavy atom. The van der Waals surface area contributed by atoms with Crippen LogP contribution in [0.2, 0.25) is 0 Å². The molecule has 0 atom stereocenters. The third-order valence-corrected chi connectivity index (χ3v) is 7.94. The van der Waals surface area contributed by atoms with E-state index >= 15 is 0 Å². The van der Waals surface area contributed by atoms with E-state index in [9.17, 15) is 18.0 Å². The van der Waals surface area contributed by atoms with E-state index in [4.69, 9.17) is 18.9 Å². The predicted molar refractivity (Wildman–Crippen MR) is 175 cm³/mol. The second kappa shape index (κ2) is 14.3. The number of rotatable bonds is 11. The molecule has 0 radical (unpaired) electrons. The van der Waals surface area contributed by atoms with Gasteiger partial charge in [-0.2, -0.15) is 0 Å². The highest BCUT2D eigenvalue weighted by molar-refractivity contribution is 7.92. The lowest BCUT2D eigenvalue weighted by Crippen LogP contribution is -2.38. The first-order valence-electron chi connectivity index (χ1n) is 14.6. The number of benzene rings is 3. The van der Waals surface area contributed by atoms with E-state index in [1.807, 2.05) is 45.0 Å². The van der Waals surface area contributed by atoms with Gasteiger partial charge in [0.15, 0.2) is 5.75 Å². The van der Waals surface area contributed by atoms with Gasteiger partial charge in [-0.1, -0.05) is 45.0 Å². The van der Waals surface area contributed by atoms with E-state index < -0.39 is 27.3 Å². The monoisotopic (exact) mass is 639 g/mol. The molecule has 1 amide bonds. The summed E-state index contributed by atoms with van der Waals surface area (Å²) >= 11 is 0. The molecule has 1 aliphatic rings. The summed E-state index contributed by atoms with van der Waals surface area (Å²) in [7, 11) is -1.06. The fraction of sp³-hybridized carbons (Fsp3) is 0.394. The molecule has 1 saturated heterocycles. The Hall–Kier alpha value is -4.13. The lowest BCUT2D eigenvalue weighted by atomic mass is 9.86. The van der Waals surface area contributed by atoms with Crippen LogP contribution in [0.25, 0.3) is 16.3 Å². The van der Waals surface area contributed by atoms with Crippen molar-refractivity contribution in [3.05, 3.63) is 65.7 Å². The Bertz CT molecular complexity index is 1690. The number of hydrogen-bond acceptors (Lipinski definition) is 9. The molecule has 1 heterocycles. The molecule has 12 heteroatoms. The zero-order chi connectivity index (χ0) is 32.8.